The van der Waals surface area contributed by atoms with Crippen LogP contribution in [0.1, 0.15) is 71.4 Å². The molecule has 0 unspecified atom stereocenters. The van der Waals surface area contributed by atoms with Gasteiger partial charge in [0.2, 0.25) is 0 Å². The molecule has 33 heavy (non-hydrogen) atoms. The van der Waals surface area contributed by atoms with Crippen molar-refractivity contribution in [2.24, 2.45) is 0 Å². The zero-order valence-corrected chi connectivity index (χ0v) is 20.0. The molecule has 9 nitrogen and oxygen atoms in total. The standard InChI is InChI=1S/C24H31N3O6/c1-14(2)19-12-16(25-23(29)33-24(5,6)7)13-20(15(3)4)21(19)26-22(28)32-18-10-8-17(9-11-18)27(30)31/h8-15H,1-7H3,(H,25,29)(H,26,28). The number of hydrogen-bond donors (Lipinski definition) is 2. The van der Waals surface area contributed by atoms with Crippen LogP contribution in [0.2, 0.25) is 0 Å². The summed E-state index contributed by atoms with van der Waals surface area (Å²) in [5.74, 6) is 0.230. The Labute approximate surface area is 193 Å². The van der Waals surface area contributed by atoms with Gasteiger partial charge in [-0.3, -0.25) is 20.7 Å². The second-order valence-electron chi connectivity index (χ2n) is 9.23. The topological polar surface area (TPSA) is 120 Å². The van der Waals surface area contributed by atoms with Crippen LogP contribution in [-0.2, 0) is 4.74 Å². The van der Waals surface area contributed by atoms with E-state index < -0.39 is 22.7 Å². The van der Waals surface area contributed by atoms with Crippen molar-refractivity contribution in [1.82, 2.24) is 0 Å². The zero-order valence-electron chi connectivity index (χ0n) is 20.0. The van der Waals surface area contributed by atoms with Gasteiger partial charge in [0.15, 0.2) is 0 Å². The van der Waals surface area contributed by atoms with Crippen LogP contribution in [0.3, 0.4) is 0 Å². The van der Waals surface area contributed by atoms with Gasteiger partial charge >= 0.3 is 12.2 Å². The van der Waals surface area contributed by atoms with Crippen molar-refractivity contribution in [3.63, 3.8) is 0 Å². The van der Waals surface area contributed by atoms with E-state index >= 15 is 0 Å². The number of rotatable bonds is 6. The second kappa shape index (κ2) is 10.3. The lowest BCUT2D eigenvalue weighted by Gasteiger charge is -2.23. The molecule has 0 bridgehead atoms. The number of nitrogens with one attached hydrogen (secondary N) is 2. The molecule has 178 valence electrons. The summed E-state index contributed by atoms with van der Waals surface area (Å²) in [5, 5.41) is 16.4. The summed E-state index contributed by atoms with van der Waals surface area (Å²) in [6.45, 7) is 13.3. The van der Waals surface area contributed by atoms with Crippen LogP contribution in [0, 0.1) is 10.1 Å². The van der Waals surface area contributed by atoms with E-state index in [1.54, 1.807) is 32.9 Å². The number of non-ortho nitro benzene ring substituents is 1. The largest absolute Gasteiger partial charge is 0.444 e. The molecular weight excluding hydrogens is 426 g/mol. The van der Waals surface area contributed by atoms with Crippen LogP contribution in [-0.4, -0.2) is 22.7 Å². The van der Waals surface area contributed by atoms with E-state index in [0.717, 1.165) is 11.1 Å². The summed E-state index contributed by atoms with van der Waals surface area (Å²) in [6.07, 6.45) is -1.29. The number of hydrogen-bond acceptors (Lipinski definition) is 6. The van der Waals surface area contributed by atoms with Crippen molar-refractivity contribution in [2.75, 3.05) is 10.6 Å². The molecule has 2 aromatic carbocycles. The van der Waals surface area contributed by atoms with Gasteiger partial charge in [-0.1, -0.05) is 27.7 Å². The molecule has 0 fully saturated rings. The number of nitro benzene ring substituents is 1. The first-order valence-electron chi connectivity index (χ1n) is 10.7. The third-order valence-electron chi connectivity index (χ3n) is 4.57. The molecular formula is C24H31N3O6. The number of nitrogens with zero attached hydrogens (tertiary/aromatic N) is 1. The highest BCUT2D eigenvalue weighted by molar-refractivity contribution is 5.91. The molecule has 2 rings (SSSR count). The van der Waals surface area contributed by atoms with Gasteiger partial charge in [0.25, 0.3) is 5.69 Å². The third kappa shape index (κ3) is 7.48. The third-order valence-corrected chi connectivity index (χ3v) is 4.57. The summed E-state index contributed by atoms with van der Waals surface area (Å²) in [5.41, 5.74) is 2.06. The quantitative estimate of drug-likeness (QED) is 0.363. The maximum atomic E-state index is 12.6. The van der Waals surface area contributed by atoms with Gasteiger partial charge in [-0.25, -0.2) is 9.59 Å². The highest BCUT2D eigenvalue weighted by Gasteiger charge is 2.21. The molecule has 0 spiro atoms. The average Bonchev–Trinajstić information content (AvgIpc) is 2.67. The number of nitro groups is 1. The molecule has 0 atom stereocenters. The second-order valence-corrected chi connectivity index (χ2v) is 9.23. The molecule has 0 aliphatic carbocycles. The van der Waals surface area contributed by atoms with Gasteiger partial charge in [0.1, 0.15) is 11.4 Å². The Kier molecular flexibility index (Phi) is 8.03. The minimum absolute atomic E-state index is 0.0255. The van der Waals surface area contributed by atoms with Crippen LogP contribution in [0.25, 0.3) is 0 Å². The van der Waals surface area contributed by atoms with Crippen molar-refractivity contribution in [2.45, 2.75) is 65.9 Å². The molecule has 2 aromatic rings. The molecule has 0 aliphatic heterocycles. The van der Waals surface area contributed by atoms with E-state index in [9.17, 15) is 19.7 Å². The summed E-state index contributed by atoms with van der Waals surface area (Å²) in [7, 11) is 0. The van der Waals surface area contributed by atoms with Crippen LogP contribution in [0.5, 0.6) is 5.75 Å². The summed E-state index contributed by atoms with van der Waals surface area (Å²) < 4.78 is 10.7. The SMILES string of the molecule is CC(C)c1cc(NC(=O)OC(C)(C)C)cc(C(C)C)c1NC(=O)Oc1ccc([N+](=O)[O-])cc1. The minimum Gasteiger partial charge on any atom is -0.444 e. The fourth-order valence-corrected chi connectivity index (χ4v) is 3.11. The highest BCUT2D eigenvalue weighted by atomic mass is 16.6. The Morgan fingerprint density at radius 1 is 0.909 bits per heavy atom. The molecule has 0 saturated carbocycles. The van der Waals surface area contributed by atoms with Crippen LogP contribution >= 0.6 is 0 Å². The van der Waals surface area contributed by atoms with Crippen molar-refractivity contribution in [3.05, 3.63) is 57.6 Å². The molecule has 2 amide bonds. The summed E-state index contributed by atoms with van der Waals surface area (Å²) in [4.78, 5) is 35.1. The molecule has 0 aliphatic rings. The minimum atomic E-state index is -0.722. The molecule has 0 aromatic heterocycles. The van der Waals surface area contributed by atoms with Crippen LogP contribution in [0.15, 0.2) is 36.4 Å². The Morgan fingerprint density at radius 3 is 1.85 bits per heavy atom. The smallest absolute Gasteiger partial charge is 0.417 e. The Morgan fingerprint density at radius 2 is 1.42 bits per heavy atom. The predicted molar refractivity (Wildman–Crippen MR) is 127 cm³/mol. The fourth-order valence-electron chi connectivity index (χ4n) is 3.11. The predicted octanol–water partition coefficient (Wildman–Crippen LogP) is 6.80. The van der Waals surface area contributed by atoms with Crippen molar-refractivity contribution >= 4 is 29.2 Å². The molecule has 0 heterocycles. The number of carbonyl (C=O) groups is 2. The fraction of sp³-hybridized carbons (Fsp3) is 0.417. The van der Waals surface area contributed by atoms with Gasteiger partial charge in [0, 0.05) is 17.8 Å². The lowest BCUT2D eigenvalue weighted by molar-refractivity contribution is -0.384. The van der Waals surface area contributed by atoms with Gasteiger partial charge in [0.05, 0.1) is 10.6 Å². The van der Waals surface area contributed by atoms with Crippen LogP contribution in [0.4, 0.5) is 26.7 Å². The van der Waals surface area contributed by atoms with E-state index in [1.807, 2.05) is 27.7 Å². The van der Waals surface area contributed by atoms with Crippen molar-refractivity contribution < 1.29 is 24.0 Å². The Hall–Kier alpha value is -3.62. The Bertz CT molecular complexity index is 994. The van der Waals surface area contributed by atoms with Gasteiger partial charge in [-0.05, 0) is 68.0 Å². The van der Waals surface area contributed by atoms with Gasteiger partial charge in [-0.15, -0.1) is 0 Å². The van der Waals surface area contributed by atoms with E-state index in [1.165, 1.54) is 24.3 Å². The maximum Gasteiger partial charge on any atom is 0.417 e. The summed E-state index contributed by atoms with van der Waals surface area (Å²) in [6, 6.07) is 8.83. The van der Waals surface area contributed by atoms with E-state index in [2.05, 4.69) is 10.6 Å². The van der Waals surface area contributed by atoms with Crippen molar-refractivity contribution in [1.29, 1.82) is 0 Å². The van der Waals surface area contributed by atoms with Crippen molar-refractivity contribution in [3.8, 4) is 5.75 Å². The first kappa shape index (κ1) is 25.6. The first-order chi connectivity index (χ1) is 15.3. The van der Waals surface area contributed by atoms with E-state index in [0.29, 0.717) is 11.4 Å². The summed E-state index contributed by atoms with van der Waals surface area (Å²) >= 11 is 0. The van der Waals surface area contributed by atoms with Gasteiger partial charge < -0.3 is 9.47 Å². The maximum absolute atomic E-state index is 12.6. The van der Waals surface area contributed by atoms with E-state index in [4.69, 9.17) is 9.47 Å². The highest BCUT2D eigenvalue weighted by Crippen LogP contribution is 2.36. The zero-order chi connectivity index (χ0) is 24.9. The number of anilines is 2. The normalized spacial score (nSPS) is 11.3. The number of carbonyl (C=O) groups excluding carboxylic acids is 2. The lowest BCUT2D eigenvalue weighted by Crippen LogP contribution is -2.27. The molecule has 9 heteroatoms. The van der Waals surface area contributed by atoms with E-state index in [-0.39, 0.29) is 23.3 Å². The molecule has 0 radical (unpaired) electrons. The average molecular weight is 458 g/mol. The van der Waals surface area contributed by atoms with Crippen LogP contribution < -0.4 is 15.4 Å². The van der Waals surface area contributed by atoms with Gasteiger partial charge in [-0.2, -0.15) is 0 Å². The number of amides is 2. The molecule has 2 N–H and O–H groups in total. The number of ether oxygens (including phenoxy) is 2. The monoisotopic (exact) mass is 457 g/mol. The Balaban J connectivity index is 2.31. The molecule has 0 saturated heterocycles. The first-order valence-corrected chi connectivity index (χ1v) is 10.7. The lowest BCUT2D eigenvalue weighted by atomic mass is 9.91. The number of benzene rings is 2.